The summed E-state index contributed by atoms with van der Waals surface area (Å²) < 4.78 is 0. The van der Waals surface area contributed by atoms with E-state index in [1.807, 2.05) is 73.6 Å². The van der Waals surface area contributed by atoms with Crippen LogP contribution in [0.3, 0.4) is 0 Å². The van der Waals surface area contributed by atoms with Crippen molar-refractivity contribution in [1.82, 2.24) is 10.2 Å². The lowest BCUT2D eigenvalue weighted by Gasteiger charge is -2.26. The molecule has 6 heteroatoms. The van der Waals surface area contributed by atoms with E-state index in [0.717, 1.165) is 11.3 Å². The Morgan fingerprint density at radius 3 is 2.52 bits per heavy atom. The molecule has 2 aromatic carbocycles. The highest BCUT2D eigenvalue weighted by molar-refractivity contribution is 6.31. The Hall–Kier alpha value is -2.37. The maximum absolute atomic E-state index is 12.7. The number of nitrogens with one attached hydrogen (secondary N) is 1. The molecule has 0 aromatic heterocycles. The Kier molecular flexibility index (Phi) is 6.14. The molecule has 2 aromatic rings. The zero-order chi connectivity index (χ0) is 19.4. The number of benzene rings is 2. The van der Waals surface area contributed by atoms with Crippen molar-refractivity contribution in [3.63, 3.8) is 0 Å². The van der Waals surface area contributed by atoms with Gasteiger partial charge in [0.15, 0.2) is 0 Å². The van der Waals surface area contributed by atoms with E-state index in [2.05, 4.69) is 5.32 Å². The number of carbonyl (C=O) groups is 2. The normalized spacial score (nSPS) is 18.0. The number of anilines is 1. The maximum Gasteiger partial charge on any atom is 0.227 e. The maximum atomic E-state index is 12.7. The van der Waals surface area contributed by atoms with E-state index in [-0.39, 0.29) is 30.2 Å². The number of hydrogen-bond donors (Lipinski definition) is 1. The minimum Gasteiger partial charge on any atom is -0.354 e. The molecular formula is C21H24ClN3O2. The molecule has 0 radical (unpaired) electrons. The molecule has 3 rings (SSSR count). The van der Waals surface area contributed by atoms with E-state index in [0.29, 0.717) is 18.1 Å². The number of likely N-dealkylation sites (N-methyl/N-ethyl adjacent to an activating group) is 1. The number of rotatable bonds is 6. The van der Waals surface area contributed by atoms with E-state index in [1.165, 1.54) is 0 Å². The number of nitrogens with zero attached hydrogens (tertiary/aromatic N) is 2. The van der Waals surface area contributed by atoms with Crippen LogP contribution in [-0.4, -0.2) is 43.9 Å². The minimum absolute atomic E-state index is 0.0170. The first-order valence-electron chi connectivity index (χ1n) is 9.01. The molecule has 142 valence electrons. The van der Waals surface area contributed by atoms with Crippen LogP contribution in [0.1, 0.15) is 18.0 Å². The van der Waals surface area contributed by atoms with Crippen molar-refractivity contribution >= 4 is 29.1 Å². The third kappa shape index (κ3) is 4.49. The Morgan fingerprint density at radius 2 is 1.85 bits per heavy atom. The van der Waals surface area contributed by atoms with Gasteiger partial charge in [0, 0.05) is 30.2 Å². The van der Waals surface area contributed by atoms with Crippen molar-refractivity contribution in [2.45, 2.75) is 12.5 Å². The van der Waals surface area contributed by atoms with Gasteiger partial charge in [0.05, 0.1) is 12.0 Å². The van der Waals surface area contributed by atoms with Crippen LogP contribution in [0.5, 0.6) is 0 Å². The second kappa shape index (κ2) is 8.55. The molecule has 27 heavy (non-hydrogen) atoms. The fourth-order valence-corrected chi connectivity index (χ4v) is 3.66. The molecule has 2 unspecified atom stereocenters. The van der Waals surface area contributed by atoms with Crippen LogP contribution >= 0.6 is 11.6 Å². The van der Waals surface area contributed by atoms with E-state index in [9.17, 15) is 9.59 Å². The number of carbonyl (C=O) groups excluding carboxylic acids is 2. The van der Waals surface area contributed by atoms with E-state index < -0.39 is 0 Å². The topological polar surface area (TPSA) is 52.7 Å². The molecule has 0 aliphatic carbocycles. The Labute approximate surface area is 164 Å². The predicted molar refractivity (Wildman–Crippen MR) is 108 cm³/mol. The Morgan fingerprint density at radius 1 is 1.19 bits per heavy atom. The second-order valence-corrected chi connectivity index (χ2v) is 7.39. The first-order valence-corrected chi connectivity index (χ1v) is 9.39. The van der Waals surface area contributed by atoms with E-state index in [1.54, 1.807) is 4.90 Å². The van der Waals surface area contributed by atoms with Gasteiger partial charge in [-0.2, -0.15) is 0 Å². The van der Waals surface area contributed by atoms with E-state index >= 15 is 0 Å². The molecule has 2 atom stereocenters. The summed E-state index contributed by atoms with van der Waals surface area (Å²) >= 11 is 6.32. The molecule has 1 aliphatic rings. The van der Waals surface area contributed by atoms with E-state index in [4.69, 9.17) is 11.6 Å². The van der Waals surface area contributed by atoms with Crippen molar-refractivity contribution in [2.75, 3.05) is 32.1 Å². The van der Waals surface area contributed by atoms with Gasteiger partial charge in [0.25, 0.3) is 0 Å². The quantitative estimate of drug-likeness (QED) is 0.831. The fraction of sp³-hybridized carbons (Fsp3) is 0.333. The van der Waals surface area contributed by atoms with Gasteiger partial charge in [-0.3, -0.25) is 9.59 Å². The fourth-order valence-electron chi connectivity index (χ4n) is 3.40. The van der Waals surface area contributed by atoms with Crippen LogP contribution < -0.4 is 10.2 Å². The molecule has 0 spiro atoms. The molecule has 1 saturated heterocycles. The van der Waals surface area contributed by atoms with Gasteiger partial charge < -0.3 is 15.1 Å². The Bertz CT molecular complexity index is 810. The molecular weight excluding hydrogens is 362 g/mol. The number of halogens is 1. The summed E-state index contributed by atoms with van der Waals surface area (Å²) in [5.74, 6) is -0.455. The lowest BCUT2D eigenvalue weighted by Crippen LogP contribution is -2.38. The number of amides is 2. The van der Waals surface area contributed by atoms with Crippen molar-refractivity contribution < 1.29 is 9.59 Å². The summed E-state index contributed by atoms with van der Waals surface area (Å²) in [6.45, 7) is 0.846. The van der Waals surface area contributed by atoms with Gasteiger partial charge in [-0.25, -0.2) is 0 Å². The molecule has 0 bridgehead atoms. The SMILES string of the molecule is CN(C)C(CNC(=O)C1CC(=O)N(c2ccccc2)C1)c1ccccc1Cl. The summed E-state index contributed by atoms with van der Waals surface area (Å²) in [5.41, 5.74) is 1.80. The summed E-state index contributed by atoms with van der Waals surface area (Å²) in [6, 6.07) is 17.1. The lowest BCUT2D eigenvalue weighted by molar-refractivity contribution is -0.126. The summed E-state index contributed by atoms with van der Waals surface area (Å²) in [7, 11) is 3.91. The largest absolute Gasteiger partial charge is 0.354 e. The first kappa shape index (κ1) is 19.4. The Balaban J connectivity index is 1.63. The van der Waals surface area contributed by atoms with Crippen molar-refractivity contribution in [3.8, 4) is 0 Å². The molecule has 1 heterocycles. The average Bonchev–Trinajstić information content (AvgIpc) is 3.05. The van der Waals surface area contributed by atoms with Crippen molar-refractivity contribution in [1.29, 1.82) is 0 Å². The molecule has 5 nitrogen and oxygen atoms in total. The zero-order valence-corrected chi connectivity index (χ0v) is 16.3. The third-order valence-electron chi connectivity index (χ3n) is 4.92. The van der Waals surface area contributed by atoms with Gasteiger partial charge in [-0.15, -0.1) is 0 Å². The molecule has 1 N–H and O–H groups in total. The molecule has 2 amide bonds. The second-order valence-electron chi connectivity index (χ2n) is 6.99. The zero-order valence-electron chi connectivity index (χ0n) is 15.6. The van der Waals surface area contributed by atoms with Gasteiger partial charge in [0.2, 0.25) is 11.8 Å². The minimum atomic E-state index is -0.341. The van der Waals surface area contributed by atoms with Crippen LogP contribution in [0.2, 0.25) is 5.02 Å². The highest BCUT2D eigenvalue weighted by atomic mass is 35.5. The van der Waals surface area contributed by atoms with Crippen molar-refractivity contribution in [3.05, 3.63) is 65.2 Å². The standard InChI is InChI=1S/C21H24ClN3O2/c1-24(2)19(17-10-6-7-11-18(17)22)13-23-21(27)15-12-20(26)25(14-15)16-8-4-3-5-9-16/h3-11,15,19H,12-14H2,1-2H3,(H,23,27). The molecule has 0 saturated carbocycles. The van der Waals surface area contributed by atoms with Gasteiger partial charge in [-0.05, 0) is 37.9 Å². The van der Waals surface area contributed by atoms with Crippen LogP contribution in [0.15, 0.2) is 54.6 Å². The highest BCUT2D eigenvalue weighted by Crippen LogP contribution is 2.27. The molecule has 1 aliphatic heterocycles. The van der Waals surface area contributed by atoms with Crippen molar-refractivity contribution in [2.24, 2.45) is 5.92 Å². The summed E-state index contributed by atoms with van der Waals surface area (Å²) in [5, 5.41) is 3.68. The van der Waals surface area contributed by atoms with Crippen LogP contribution in [0.4, 0.5) is 5.69 Å². The molecule has 1 fully saturated rings. The van der Waals surface area contributed by atoms with Crippen LogP contribution in [0.25, 0.3) is 0 Å². The highest BCUT2D eigenvalue weighted by Gasteiger charge is 2.35. The average molecular weight is 386 g/mol. The van der Waals surface area contributed by atoms with Gasteiger partial charge >= 0.3 is 0 Å². The monoisotopic (exact) mass is 385 g/mol. The lowest BCUT2D eigenvalue weighted by atomic mass is 10.0. The first-order chi connectivity index (χ1) is 13.0. The van der Waals surface area contributed by atoms with Crippen LogP contribution in [0, 0.1) is 5.92 Å². The number of hydrogen-bond acceptors (Lipinski definition) is 3. The van der Waals surface area contributed by atoms with Gasteiger partial charge in [-0.1, -0.05) is 48.0 Å². The van der Waals surface area contributed by atoms with Gasteiger partial charge in [0.1, 0.15) is 0 Å². The third-order valence-corrected chi connectivity index (χ3v) is 5.27. The van der Waals surface area contributed by atoms with Crippen LogP contribution in [-0.2, 0) is 9.59 Å². The smallest absolute Gasteiger partial charge is 0.227 e. The number of para-hydroxylation sites is 1. The summed E-state index contributed by atoms with van der Waals surface area (Å²) in [6.07, 6.45) is 0.236. The predicted octanol–water partition coefficient (Wildman–Crippen LogP) is 3.11. The summed E-state index contributed by atoms with van der Waals surface area (Å²) in [4.78, 5) is 28.7.